The van der Waals surface area contributed by atoms with Crippen LogP contribution in [0.1, 0.15) is 30.4 Å². The molecule has 2 aromatic carbocycles. The fraction of sp³-hybridized carbons (Fsp3) is 0.235. The van der Waals surface area contributed by atoms with Gasteiger partial charge in [-0.3, -0.25) is 4.79 Å². The molecule has 19 heavy (non-hydrogen) atoms. The molecule has 2 aromatic rings. The highest BCUT2D eigenvalue weighted by Crippen LogP contribution is 2.24. The standard InChI is InChI=1S/C17H18O2/c1-3-15(14-10-5-4-6-11-14)17(18)19-16-12-8-7-9-13(16)2/h4-12,15H,3H2,1-2H3/t15-/m0/s1. The zero-order valence-corrected chi connectivity index (χ0v) is 11.3. The van der Waals surface area contributed by atoms with Crippen molar-refractivity contribution in [3.05, 3.63) is 65.7 Å². The first kappa shape index (κ1) is 13.3. The normalized spacial score (nSPS) is 11.9. The van der Waals surface area contributed by atoms with E-state index in [4.69, 9.17) is 4.74 Å². The Kier molecular flexibility index (Phi) is 4.35. The highest BCUT2D eigenvalue weighted by molar-refractivity contribution is 5.80. The third-order valence-electron chi connectivity index (χ3n) is 3.20. The quantitative estimate of drug-likeness (QED) is 0.606. The van der Waals surface area contributed by atoms with Gasteiger partial charge < -0.3 is 4.74 Å². The number of aryl methyl sites for hydroxylation is 1. The Hall–Kier alpha value is -2.09. The van der Waals surface area contributed by atoms with Crippen molar-refractivity contribution in [2.75, 3.05) is 0 Å². The van der Waals surface area contributed by atoms with Crippen LogP contribution in [-0.2, 0) is 4.79 Å². The van der Waals surface area contributed by atoms with Gasteiger partial charge in [-0.15, -0.1) is 0 Å². The molecule has 0 fully saturated rings. The summed E-state index contributed by atoms with van der Waals surface area (Å²) < 4.78 is 5.51. The van der Waals surface area contributed by atoms with Crippen LogP contribution in [-0.4, -0.2) is 5.97 Å². The van der Waals surface area contributed by atoms with Gasteiger partial charge in [-0.1, -0.05) is 55.5 Å². The SMILES string of the molecule is CC[C@H](C(=O)Oc1ccccc1C)c1ccccc1. The van der Waals surface area contributed by atoms with Crippen molar-refractivity contribution in [3.63, 3.8) is 0 Å². The number of carbonyl (C=O) groups excluding carboxylic acids is 1. The summed E-state index contributed by atoms with van der Waals surface area (Å²) in [5.74, 6) is 0.241. The van der Waals surface area contributed by atoms with E-state index in [1.807, 2.05) is 68.4 Å². The molecule has 0 N–H and O–H groups in total. The molecule has 0 aromatic heterocycles. The molecule has 0 aliphatic carbocycles. The molecule has 0 saturated carbocycles. The van der Waals surface area contributed by atoms with Gasteiger partial charge in [-0.25, -0.2) is 0 Å². The molecule has 0 saturated heterocycles. The van der Waals surface area contributed by atoms with E-state index < -0.39 is 0 Å². The molecule has 0 amide bonds. The Bertz CT molecular complexity index is 546. The summed E-state index contributed by atoms with van der Waals surface area (Å²) in [7, 11) is 0. The van der Waals surface area contributed by atoms with Crippen molar-refractivity contribution >= 4 is 5.97 Å². The minimum Gasteiger partial charge on any atom is -0.426 e. The Morgan fingerprint density at radius 2 is 1.68 bits per heavy atom. The van der Waals surface area contributed by atoms with Gasteiger partial charge in [0.15, 0.2) is 0 Å². The summed E-state index contributed by atoms with van der Waals surface area (Å²) in [4.78, 5) is 12.3. The third-order valence-corrected chi connectivity index (χ3v) is 3.20. The molecule has 1 atom stereocenters. The van der Waals surface area contributed by atoms with Crippen LogP contribution in [0.2, 0.25) is 0 Å². The highest BCUT2D eigenvalue weighted by Gasteiger charge is 2.21. The van der Waals surface area contributed by atoms with Crippen molar-refractivity contribution in [2.24, 2.45) is 0 Å². The molecular formula is C17H18O2. The Morgan fingerprint density at radius 1 is 1.05 bits per heavy atom. The minimum atomic E-state index is -0.208. The van der Waals surface area contributed by atoms with Crippen molar-refractivity contribution in [1.29, 1.82) is 0 Å². The second-order valence-electron chi connectivity index (χ2n) is 4.56. The lowest BCUT2D eigenvalue weighted by molar-refractivity contribution is -0.136. The molecule has 2 rings (SSSR count). The zero-order valence-electron chi connectivity index (χ0n) is 11.3. The monoisotopic (exact) mass is 254 g/mol. The smallest absolute Gasteiger partial charge is 0.318 e. The summed E-state index contributed by atoms with van der Waals surface area (Å²) in [6.07, 6.45) is 0.731. The fourth-order valence-corrected chi connectivity index (χ4v) is 2.07. The fourth-order valence-electron chi connectivity index (χ4n) is 2.07. The topological polar surface area (TPSA) is 26.3 Å². The van der Waals surface area contributed by atoms with Crippen molar-refractivity contribution < 1.29 is 9.53 Å². The molecule has 0 spiro atoms. The lowest BCUT2D eigenvalue weighted by Gasteiger charge is -2.15. The number of hydrogen-bond donors (Lipinski definition) is 0. The summed E-state index contributed by atoms with van der Waals surface area (Å²) in [6.45, 7) is 3.93. The maximum absolute atomic E-state index is 12.3. The van der Waals surface area contributed by atoms with Gasteiger partial charge in [0.1, 0.15) is 5.75 Å². The number of benzene rings is 2. The second kappa shape index (κ2) is 6.19. The van der Waals surface area contributed by atoms with Gasteiger partial charge in [-0.05, 0) is 30.5 Å². The van der Waals surface area contributed by atoms with Crippen molar-refractivity contribution in [2.45, 2.75) is 26.2 Å². The molecule has 2 heteroatoms. The van der Waals surface area contributed by atoms with E-state index in [0.717, 1.165) is 17.5 Å². The number of hydrogen-bond acceptors (Lipinski definition) is 2. The van der Waals surface area contributed by atoms with E-state index in [-0.39, 0.29) is 11.9 Å². The van der Waals surface area contributed by atoms with Crippen LogP contribution in [0.15, 0.2) is 54.6 Å². The van der Waals surface area contributed by atoms with Crippen molar-refractivity contribution in [3.8, 4) is 5.75 Å². The van der Waals surface area contributed by atoms with Gasteiger partial charge in [0, 0.05) is 0 Å². The van der Waals surface area contributed by atoms with E-state index >= 15 is 0 Å². The third kappa shape index (κ3) is 3.22. The molecule has 0 aliphatic rings. The molecule has 0 aliphatic heterocycles. The zero-order chi connectivity index (χ0) is 13.7. The Labute approximate surface area is 114 Å². The number of ether oxygens (including phenoxy) is 1. The number of para-hydroxylation sites is 1. The molecule has 0 unspecified atom stereocenters. The van der Waals surface area contributed by atoms with Gasteiger partial charge in [0.05, 0.1) is 5.92 Å². The highest BCUT2D eigenvalue weighted by atomic mass is 16.5. The maximum atomic E-state index is 12.3. The summed E-state index contributed by atoms with van der Waals surface area (Å²) in [5.41, 5.74) is 1.97. The van der Waals surface area contributed by atoms with Crippen LogP contribution >= 0.6 is 0 Å². The Morgan fingerprint density at radius 3 is 2.32 bits per heavy atom. The summed E-state index contributed by atoms with van der Waals surface area (Å²) >= 11 is 0. The second-order valence-corrected chi connectivity index (χ2v) is 4.56. The van der Waals surface area contributed by atoms with E-state index in [2.05, 4.69) is 0 Å². The van der Waals surface area contributed by atoms with E-state index in [0.29, 0.717) is 5.75 Å². The molecule has 0 radical (unpaired) electrons. The Balaban J connectivity index is 2.17. The molecule has 98 valence electrons. The number of carbonyl (C=O) groups is 1. The number of esters is 1. The minimum absolute atomic E-state index is 0.192. The summed E-state index contributed by atoms with van der Waals surface area (Å²) in [6, 6.07) is 17.3. The first-order valence-electron chi connectivity index (χ1n) is 6.54. The molecule has 0 heterocycles. The lowest BCUT2D eigenvalue weighted by atomic mass is 9.97. The molecule has 0 bridgehead atoms. The van der Waals surface area contributed by atoms with Crippen molar-refractivity contribution in [1.82, 2.24) is 0 Å². The maximum Gasteiger partial charge on any atom is 0.318 e. The van der Waals surface area contributed by atoms with Crippen LogP contribution in [0.25, 0.3) is 0 Å². The van der Waals surface area contributed by atoms with Gasteiger partial charge in [0.2, 0.25) is 0 Å². The first-order chi connectivity index (χ1) is 9.22. The van der Waals surface area contributed by atoms with E-state index in [1.165, 1.54) is 0 Å². The lowest BCUT2D eigenvalue weighted by Crippen LogP contribution is -2.18. The first-order valence-corrected chi connectivity index (χ1v) is 6.54. The van der Waals surface area contributed by atoms with Crippen LogP contribution in [0, 0.1) is 6.92 Å². The largest absolute Gasteiger partial charge is 0.426 e. The predicted molar refractivity (Wildman–Crippen MR) is 76.3 cm³/mol. The predicted octanol–water partition coefficient (Wildman–Crippen LogP) is 4.09. The van der Waals surface area contributed by atoms with E-state index in [1.54, 1.807) is 0 Å². The van der Waals surface area contributed by atoms with Crippen LogP contribution < -0.4 is 4.74 Å². The van der Waals surface area contributed by atoms with Gasteiger partial charge in [-0.2, -0.15) is 0 Å². The molecular weight excluding hydrogens is 236 g/mol. The average molecular weight is 254 g/mol. The number of rotatable bonds is 4. The van der Waals surface area contributed by atoms with Gasteiger partial charge >= 0.3 is 5.97 Å². The molecule has 2 nitrogen and oxygen atoms in total. The van der Waals surface area contributed by atoms with Crippen LogP contribution in [0.4, 0.5) is 0 Å². The van der Waals surface area contributed by atoms with Gasteiger partial charge in [0.25, 0.3) is 0 Å². The van der Waals surface area contributed by atoms with Crippen LogP contribution in [0.5, 0.6) is 5.75 Å². The van der Waals surface area contributed by atoms with E-state index in [9.17, 15) is 4.79 Å². The summed E-state index contributed by atoms with van der Waals surface area (Å²) in [5, 5.41) is 0. The average Bonchev–Trinajstić information content (AvgIpc) is 2.43. The van der Waals surface area contributed by atoms with Crippen LogP contribution in [0.3, 0.4) is 0 Å².